The summed E-state index contributed by atoms with van der Waals surface area (Å²) in [5.74, 6) is 1.04. The van der Waals surface area contributed by atoms with Crippen LogP contribution in [0.4, 0.5) is 17.5 Å². The van der Waals surface area contributed by atoms with Crippen molar-refractivity contribution in [3.8, 4) is 0 Å². The molecule has 0 fully saturated rings. The number of nitrogens with two attached hydrogens (primary N) is 1. The molecule has 0 saturated heterocycles. The lowest BCUT2D eigenvalue weighted by molar-refractivity contribution is 0.598. The summed E-state index contributed by atoms with van der Waals surface area (Å²) in [6, 6.07) is 6.07. The zero-order chi connectivity index (χ0) is 21.1. The zero-order valence-electron chi connectivity index (χ0n) is 15.8. The molecule has 8 nitrogen and oxygen atoms in total. The minimum atomic E-state index is -3.73. The second kappa shape index (κ2) is 8.50. The summed E-state index contributed by atoms with van der Waals surface area (Å²) in [7, 11) is -3.73. The molecule has 0 unspecified atom stereocenters. The van der Waals surface area contributed by atoms with Gasteiger partial charge < -0.3 is 10.6 Å². The predicted molar refractivity (Wildman–Crippen MR) is 121 cm³/mol. The van der Waals surface area contributed by atoms with Crippen LogP contribution in [0.15, 0.2) is 80.4 Å². The highest BCUT2D eigenvalue weighted by molar-refractivity contribution is 9.10. The number of nitrogens with one attached hydrogen (secondary N) is 2. The molecular weight excluding hydrogens is 468 g/mol. The Bertz CT molecular complexity index is 1200. The monoisotopic (exact) mass is 486 g/mol. The first kappa shape index (κ1) is 20.5. The van der Waals surface area contributed by atoms with Gasteiger partial charge in [0.25, 0.3) is 0 Å². The number of primary sulfonamides is 1. The highest BCUT2D eigenvalue weighted by Gasteiger charge is 2.17. The summed E-state index contributed by atoms with van der Waals surface area (Å²) >= 11 is 3.46. The molecule has 30 heavy (non-hydrogen) atoms. The fourth-order valence-corrected chi connectivity index (χ4v) is 3.96. The Hall–Kier alpha value is -2.82. The summed E-state index contributed by atoms with van der Waals surface area (Å²) in [6.45, 7) is 0.688. The second-order valence-corrected chi connectivity index (χ2v) is 9.12. The van der Waals surface area contributed by atoms with Crippen LogP contribution >= 0.6 is 15.9 Å². The van der Waals surface area contributed by atoms with Crippen LogP contribution in [-0.2, 0) is 10.0 Å². The molecule has 4 N–H and O–H groups in total. The molecule has 0 bridgehead atoms. The van der Waals surface area contributed by atoms with Gasteiger partial charge in [0, 0.05) is 36.6 Å². The predicted octanol–water partition coefficient (Wildman–Crippen LogP) is 3.66. The van der Waals surface area contributed by atoms with Crippen molar-refractivity contribution in [2.75, 3.05) is 17.2 Å². The number of aromatic nitrogens is 2. The van der Waals surface area contributed by atoms with Crippen LogP contribution < -0.4 is 15.8 Å². The number of anilines is 3. The van der Waals surface area contributed by atoms with Crippen molar-refractivity contribution in [2.45, 2.75) is 17.7 Å². The number of aliphatic imine (C=N–C) groups is 1. The fraction of sp³-hybridized carbons (Fsp3) is 0.150. The Kier molecular flexibility index (Phi) is 5.80. The molecule has 4 rings (SSSR count). The first-order valence-electron chi connectivity index (χ1n) is 9.20. The standard InChI is InChI=1S/C20H19BrN6O2S/c21-17-12-25-20(26-14-5-7-15(8-6-14)30(22,28)29)27-19(17)23-10-9-13-11-24-18-4-2-1-3-16(13)18/h1-3,5-8,11-12H,4,9-10H2,(H2,22,28,29)(H2,23,25,26,27). The Labute approximate surface area is 182 Å². The Morgan fingerprint density at radius 3 is 2.77 bits per heavy atom. The van der Waals surface area contributed by atoms with Crippen molar-refractivity contribution in [1.29, 1.82) is 0 Å². The van der Waals surface area contributed by atoms with Gasteiger partial charge in [0.05, 0.1) is 15.1 Å². The number of rotatable bonds is 7. The van der Waals surface area contributed by atoms with Crippen molar-refractivity contribution in [3.05, 3.63) is 70.5 Å². The van der Waals surface area contributed by atoms with Crippen molar-refractivity contribution < 1.29 is 8.42 Å². The minimum absolute atomic E-state index is 0.0454. The molecule has 1 aliphatic heterocycles. The van der Waals surface area contributed by atoms with Crippen molar-refractivity contribution >= 4 is 49.1 Å². The number of allylic oxidation sites excluding steroid dienone is 4. The topological polar surface area (TPSA) is 122 Å². The highest BCUT2D eigenvalue weighted by atomic mass is 79.9. The van der Waals surface area contributed by atoms with Gasteiger partial charge in [0.1, 0.15) is 5.82 Å². The van der Waals surface area contributed by atoms with E-state index in [1.54, 1.807) is 18.3 Å². The maximum atomic E-state index is 11.4. The maximum absolute atomic E-state index is 11.4. The van der Waals surface area contributed by atoms with Crippen LogP contribution in [0.1, 0.15) is 12.8 Å². The van der Waals surface area contributed by atoms with Gasteiger partial charge in [0.15, 0.2) is 0 Å². The Morgan fingerprint density at radius 2 is 2.00 bits per heavy atom. The van der Waals surface area contributed by atoms with Gasteiger partial charge in [-0.3, -0.25) is 4.99 Å². The van der Waals surface area contributed by atoms with Gasteiger partial charge in [-0.1, -0.05) is 18.2 Å². The minimum Gasteiger partial charge on any atom is -0.369 e. The van der Waals surface area contributed by atoms with Gasteiger partial charge in [-0.25, -0.2) is 18.5 Å². The molecule has 10 heteroatoms. The fourth-order valence-electron chi connectivity index (χ4n) is 3.11. The number of sulfonamides is 1. The molecule has 2 aromatic rings. The summed E-state index contributed by atoms with van der Waals surface area (Å²) in [6.07, 6.45) is 11.6. The van der Waals surface area contributed by atoms with Gasteiger partial charge in [-0.15, -0.1) is 0 Å². The SMILES string of the molecule is NS(=O)(=O)c1ccc(Nc2ncc(Br)c(NCCC3=CN=C4CC=CC=C34)n2)cc1. The third kappa shape index (κ3) is 4.66. The zero-order valence-corrected chi connectivity index (χ0v) is 18.2. The number of fused-ring (bicyclic) bond motifs is 1. The van der Waals surface area contributed by atoms with Crippen molar-refractivity contribution in [2.24, 2.45) is 10.1 Å². The van der Waals surface area contributed by atoms with E-state index in [2.05, 4.69) is 59.8 Å². The lowest BCUT2D eigenvalue weighted by Gasteiger charge is -2.12. The van der Waals surface area contributed by atoms with E-state index in [0.29, 0.717) is 24.0 Å². The van der Waals surface area contributed by atoms with E-state index < -0.39 is 10.0 Å². The number of benzene rings is 1. The van der Waals surface area contributed by atoms with E-state index in [-0.39, 0.29) is 4.90 Å². The molecule has 0 radical (unpaired) electrons. The molecule has 2 heterocycles. The number of hydrogen-bond donors (Lipinski definition) is 3. The Balaban J connectivity index is 1.39. The summed E-state index contributed by atoms with van der Waals surface area (Å²) in [4.78, 5) is 13.3. The molecule has 0 saturated carbocycles. The summed E-state index contributed by atoms with van der Waals surface area (Å²) in [5.41, 5.74) is 4.19. The van der Waals surface area contributed by atoms with E-state index in [1.165, 1.54) is 23.3 Å². The molecule has 0 amide bonds. The summed E-state index contributed by atoms with van der Waals surface area (Å²) < 4.78 is 23.5. The van der Waals surface area contributed by atoms with Crippen LogP contribution in [0.5, 0.6) is 0 Å². The molecule has 0 atom stereocenters. The van der Waals surface area contributed by atoms with E-state index in [0.717, 1.165) is 23.0 Å². The van der Waals surface area contributed by atoms with Crippen molar-refractivity contribution in [1.82, 2.24) is 9.97 Å². The third-order valence-corrected chi connectivity index (χ3v) is 6.12. The normalized spacial score (nSPS) is 15.2. The van der Waals surface area contributed by atoms with Gasteiger partial charge in [0.2, 0.25) is 16.0 Å². The van der Waals surface area contributed by atoms with E-state index in [9.17, 15) is 8.42 Å². The van der Waals surface area contributed by atoms with Crippen LogP contribution in [0.25, 0.3) is 0 Å². The molecule has 154 valence electrons. The van der Waals surface area contributed by atoms with E-state index >= 15 is 0 Å². The van der Waals surface area contributed by atoms with E-state index in [4.69, 9.17) is 5.14 Å². The summed E-state index contributed by atoms with van der Waals surface area (Å²) in [5, 5.41) is 11.5. The van der Waals surface area contributed by atoms with Gasteiger partial charge in [-0.2, -0.15) is 4.98 Å². The maximum Gasteiger partial charge on any atom is 0.238 e. The Morgan fingerprint density at radius 1 is 1.20 bits per heavy atom. The van der Waals surface area contributed by atoms with E-state index in [1.807, 2.05) is 6.20 Å². The average molecular weight is 487 g/mol. The molecule has 2 aliphatic rings. The van der Waals surface area contributed by atoms with Crippen LogP contribution in [0, 0.1) is 0 Å². The number of hydrogen-bond acceptors (Lipinski definition) is 7. The van der Waals surface area contributed by atoms with Crippen LogP contribution in [0.2, 0.25) is 0 Å². The van der Waals surface area contributed by atoms with Gasteiger partial charge >= 0.3 is 0 Å². The molecule has 1 aliphatic carbocycles. The number of nitrogens with zero attached hydrogens (tertiary/aromatic N) is 3. The van der Waals surface area contributed by atoms with Crippen LogP contribution in [-0.4, -0.2) is 30.6 Å². The quantitative estimate of drug-likeness (QED) is 0.548. The molecule has 0 spiro atoms. The van der Waals surface area contributed by atoms with Crippen molar-refractivity contribution in [3.63, 3.8) is 0 Å². The molecule has 1 aromatic heterocycles. The number of halogens is 1. The average Bonchev–Trinajstić information content (AvgIpc) is 3.13. The first-order chi connectivity index (χ1) is 14.4. The molecular formula is C20H19BrN6O2S. The smallest absolute Gasteiger partial charge is 0.238 e. The molecule has 1 aromatic carbocycles. The highest BCUT2D eigenvalue weighted by Crippen LogP contribution is 2.27. The lowest BCUT2D eigenvalue weighted by Crippen LogP contribution is -2.12. The largest absolute Gasteiger partial charge is 0.369 e. The van der Waals surface area contributed by atoms with Crippen LogP contribution in [0.3, 0.4) is 0 Å². The van der Waals surface area contributed by atoms with Gasteiger partial charge in [-0.05, 0) is 52.2 Å². The lowest BCUT2D eigenvalue weighted by atomic mass is 9.96. The second-order valence-electron chi connectivity index (χ2n) is 6.70. The third-order valence-electron chi connectivity index (χ3n) is 4.61. The first-order valence-corrected chi connectivity index (χ1v) is 11.5.